The van der Waals surface area contributed by atoms with Gasteiger partial charge in [0, 0.05) is 21.8 Å². The number of methoxy groups -OCH3 is 1. The molecule has 2 rings (SSSR count). The topological polar surface area (TPSA) is 61.2 Å². The molecule has 0 N–H and O–H groups in total. The Bertz CT molecular complexity index is 736. The van der Waals surface area contributed by atoms with Crippen molar-refractivity contribution in [2.75, 3.05) is 7.11 Å². The number of aromatic nitrogens is 2. The zero-order chi connectivity index (χ0) is 15.6. The highest BCUT2D eigenvalue weighted by atomic mass is 35.5. The highest BCUT2D eigenvalue weighted by Crippen LogP contribution is 2.21. The van der Waals surface area contributed by atoms with Crippen LogP contribution in [0, 0.1) is 0 Å². The number of hydrogen-bond acceptors (Lipinski definition) is 4. The maximum absolute atomic E-state index is 12.1. The van der Waals surface area contributed by atoms with Crippen LogP contribution in [0.2, 0.25) is 10.0 Å². The number of hydrogen-bond donors (Lipinski definition) is 0. The number of halogens is 2. The quantitative estimate of drug-likeness (QED) is 0.813. The van der Waals surface area contributed by atoms with Crippen molar-refractivity contribution in [2.45, 2.75) is 13.3 Å². The molecule has 0 atom stereocenters. The molecule has 1 aromatic heterocycles. The number of esters is 1. The molecule has 0 radical (unpaired) electrons. The second-order valence-electron chi connectivity index (χ2n) is 4.25. The second kappa shape index (κ2) is 6.28. The average Bonchev–Trinajstić information content (AvgIpc) is 2.45. The molecule has 5 nitrogen and oxygen atoms in total. The van der Waals surface area contributed by atoms with Crippen molar-refractivity contribution >= 4 is 29.2 Å². The van der Waals surface area contributed by atoms with E-state index in [1.807, 2.05) is 6.92 Å². The van der Waals surface area contributed by atoms with Gasteiger partial charge in [0.2, 0.25) is 11.1 Å². The Hall–Kier alpha value is -1.85. The fraction of sp³-hybridized carbons (Fsp3) is 0.214. The summed E-state index contributed by atoms with van der Waals surface area (Å²) < 4.78 is 5.98. The zero-order valence-electron chi connectivity index (χ0n) is 11.4. The smallest absolute Gasteiger partial charge is 0.362 e. The van der Waals surface area contributed by atoms with Crippen LogP contribution in [-0.2, 0) is 11.2 Å². The SMILES string of the molecule is CCc1cn(-c2cc(Cl)cc(Cl)c2)nc(C(=O)OC)c1=O. The molecule has 0 bridgehead atoms. The lowest BCUT2D eigenvalue weighted by molar-refractivity contribution is 0.0590. The zero-order valence-corrected chi connectivity index (χ0v) is 12.9. The molecule has 110 valence electrons. The predicted molar refractivity (Wildman–Crippen MR) is 80.6 cm³/mol. The van der Waals surface area contributed by atoms with E-state index in [0.29, 0.717) is 27.7 Å². The third-order valence-corrected chi connectivity index (χ3v) is 3.30. The number of ether oxygens (including phenoxy) is 1. The molecule has 0 fully saturated rings. The van der Waals surface area contributed by atoms with E-state index in [4.69, 9.17) is 23.2 Å². The minimum atomic E-state index is -0.780. The van der Waals surface area contributed by atoms with Crippen LogP contribution in [0.25, 0.3) is 5.69 Å². The van der Waals surface area contributed by atoms with E-state index in [1.54, 1.807) is 24.4 Å². The first kappa shape index (κ1) is 15.5. The van der Waals surface area contributed by atoms with E-state index in [0.717, 1.165) is 0 Å². The predicted octanol–water partition coefficient (Wildman–Crippen LogP) is 2.89. The van der Waals surface area contributed by atoms with Gasteiger partial charge in [-0.05, 0) is 24.6 Å². The largest absolute Gasteiger partial charge is 0.464 e. The highest BCUT2D eigenvalue weighted by Gasteiger charge is 2.17. The normalized spacial score (nSPS) is 10.5. The summed E-state index contributed by atoms with van der Waals surface area (Å²) >= 11 is 11.9. The second-order valence-corrected chi connectivity index (χ2v) is 5.12. The maximum atomic E-state index is 12.1. The minimum Gasteiger partial charge on any atom is -0.464 e. The molecule has 2 aromatic rings. The standard InChI is InChI=1S/C14H12Cl2N2O3/c1-3-8-7-18(11-5-9(15)4-10(16)6-11)17-12(13(8)19)14(20)21-2/h4-7H,3H2,1-2H3. The van der Waals surface area contributed by atoms with Gasteiger partial charge in [0.05, 0.1) is 12.8 Å². The molecule has 0 aliphatic rings. The lowest BCUT2D eigenvalue weighted by Crippen LogP contribution is -2.25. The van der Waals surface area contributed by atoms with Crippen LogP contribution < -0.4 is 5.43 Å². The Morgan fingerprint density at radius 3 is 2.43 bits per heavy atom. The van der Waals surface area contributed by atoms with Crippen LogP contribution >= 0.6 is 23.2 Å². The summed E-state index contributed by atoms with van der Waals surface area (Å²) in [6, 6.07) is 4.84. The van der Waals surface area contributed by atoms with Crippen LogP contribution in [0.5, 0.6) is 0 Å². The fourth-order valence-electron chi connectivity index (χ4n) is 1.83. The molecule has 1 heterocycles. The molecule has 7 heteroatoms. The maximum Gasteiger partial charge on any atom is 0.362 e. The lowest BCUT2D eigenvalue weighted by atomic mass is 10.2. The van der Waals surface area contributed by atoms with Gasteiger partial charge in [-0.15, -0.1) is 0 Å². The summed E-state index contributed by atoms with van der Waals surface area (Å²) in [5, 5.41) is 4.87. The Morgan fingerprint density at radius 1 is 1.29 bits per heavy atom. The van der Waals surface area contributed by atoms with Crippen molar-refractivity contribution in [1.29, 1.82) is 0 Å². The van der Waals surface area contributed by atoms with Crippen LogP contribution in [-0.4, -0.2) is 22.9 Å². The molecule has 1 aromatic carbocycles. The lowest BCUT2D eigenvalue weighted by Gasteiger charge is -2.10. The van der Waals surface area contributed by atoms with Crippen molar-refractivity contribution in [1.82, 2.24) is 9.78 Å². The van der Waals surface area contributed by atoms with Crippen molar-refractivity contribution in [2.24, 2.45) is 0 Å². The fourth-order valence-corrected chi connectivity index (χ4v) is 2.34. The first-order valence-electron chi connectivity index (χ1n) is 6.14. The van der Waals surface area contributed by atoms with Crippen molar-refractivity contribution in [3.05, 3.63) is 55.9 Å². The van der Waals surface area contributed by atoms with Gasteiger partial charge in [0.15, 0.2) is 0 Å². The van der Waals surface area contributed by atoms with Crippen LogP contribution in [0.4, 0.5) is 0 Å². The molecular weight excluding hydrogens is 315 g/mol. The third-order valence-electron chi connectivity index (χ3n) is 2.86. The number of carbonyl (C=O) groups is 1. The van der Waals surface area contributed by atoms with Crippen LogP contribution in [0.15, 0.2) is 29.2 Å². The van der Waals surface area contributed by atoms with E-state index in [2.05, 4.69) is 9.84 Å². The molecule has 0 saturated carbocycles. The average molecular weight is 327 g/mol. The number of nitrogens with zero attached hydrogens (tertiary/aromatic N) is 2. The van der Waals surface area contributed by atoms with Crippen molar-refractivity contribution < 1.29 is 9.53 Å². The minimum absolute atomic E-state index is 0.270. The Balaban J connectivity index is 2.69. The van der Waals surface area contributed by atoms with E-state index in [-0.39, 0.29) is 5.69 Å². The summed E-state index contributed by atoms with van der Waals surface area (Å²) in [6.45, 7) is 1.81. The van der Waals surface area contributed by atoms with Gasteiger partial charge >= 0.3 is 5.97 Å². The molecule has 0 saturated heterocycles. The monoisotopic (exact) mass is 326 g/mol. The van der Waals surface area contributed by atoms with Crippen LogP contribution in [0.3, 0.4) is 0 Å². The number of carbonyl (C=O) groups excluding carboxylic acids is 1. The number of aryl methyl sites for hydroxylation is 1. The molecule has 0 unspecified atom stereocenters. The van der Waals surface area contributed by atoms with Crippen molar-refractivity contribution in [3.8, 4) is 5.69 Å². The van der Waals surface area contributed by atoms with Gasteiger partial charge in [-0.25, -0.2) is 9.48 Å². The number of benzene rings is 1. The van der Waals surface area contributed by atoms with Gasteiger partial charge in [0.1, 0.15) is 0 Å². The van der Waals surface area contributed by atoms with E-state index >= 15 is 0 Å². The molecule has 0 aliphatic carbocycles. The van der Waals surface area contributed by atoms with Gasteiger partial charge in [0.25, 0.3) is 0 Å². The van der Waals surface area contributed by atoms with E-state index in [1.165, 1.54) is 11.8 Å². The first-order valence-corrected chi connectivity index (χ1v) is 6.89. The van der Waals surface area contributed by atoms with E-state index < -0.39 is 11.4 Å². The Labute approximate surface area is 131 Å². The van der Waals surface area contributed by atoms with Gasteiger partial charge in [-0.3, -0.25) is 4.79 Å². The van der Waals surface area contributed by atoms with E-state index in [9.17, 15) is 9.59 Å². The summed E-state index contributed by atoms with van der Waals surface area (Å²) in [5.41, 5.74) is 0.288. The third kappa shape index (κ3) is 3.25. The molecule has 0 amide bonds. The summed E-state index contributed by atoms with van der Waals surface area (Å²) in [6.07, 6.45) is 2.01. The molecule has 21 heavy (non-hydrogen) atoms. The summed E-state index contributed by atoms with van der Waals surface area (Å²) in [4.78, 5) is 23.8. The number of rotatable bonds is 3. The van der Waals surface area contributed by atoms with Gasteiger partial charge in [-0.1, -0.05) is 30.1 Å². The highest BCUT2D eigenvalue weighted by molar-refractivity contribution is 6.34. The summed E-state index contributed by atoms with van der Waals surface area (Å²) in [5.74, 6) is -0.780. The first-order chi connectivity index (χ1) is 9.96. The summed E-state index contributed by atoms with van der Waals surface area (Å²) in [7, 11) is 1.20. The van der Waals surface area contributed by atoms with Crippen LogP contribution in [0.1, 0.15) is 23.0 Å². The van der Waals surface area contributed by atoms with Crippen molar-refractivity contribution in [3.63, 3.8) is 0 Å². The van der Waals surface area contributed by atoms with Gasteiger partial charge < -0.3 is 4.74 Å². The Morgan fingerprint density at radius 2 is 1.90 bits per heavy atom. The molecule has 0 spiro atoms. The Kier molecular flexibility index (Phi) is 4.65. The van der Waals surface area contributed by atoms with Gasteiger partial charge in [-0.2, -0.15) is 5.10 Å². The molecule has 0 aliphatic heterocycles. The molecular formula is C14H12Cl2N2O3.